The van der Waals surface area contributed by atoms with Gasteiger partial charge in [0.2, 0.25) is 5.82 Å². The molecule has 1 atom stereocenters. The molecule has 1 aliphatic rings. The van der Waals surface area contributed by atoms with E-state index in [9.17, 15) is 0 Å². The highest BCUT2D eigenvalue weighted by molar-refractivity contribution is 7.16. The first-order valence-corrected chi connectivity index (χ1v) is 8.30. The van der Waals surface area contributed by atoms with Gasteiger partial charge in [0.1, 0.15) is 5.52 Å². The molecule has 0 unspecified atom stereocenters. The molecule has 1 fully saturated rings. The quantitative estimate of drug-likeness (QED) is 0.698. The lowest BCUT2D eigenvalue weighted by Gasteiger charge is -2.11. The third-order valence-corrected chi connectivity index (χ3v) is 4.57. The van der Waals surface area contributed by atoms with Crippen molar-refractivity contribution < 1.29 is 4.74 Å². The normalized spacial score (nSPS) is 17.2. The van der Waals surface area contributed by atoms with Gasteiger partial charge in [0, 0.05) is 6.61 Å². The summed E-state index contributed by atoms with van der Waals surface area (Å²) in [4.78, 5) is 17.0. The SMILES string of the molecule is Clc1ccc(C#Cc2nc(N[C@@H]3CCOC3)c3[nH]cnc3n2)s1. The van der Waals surface area contributed by atoms with Crippen molar-refractivity contribution in [3.63, 3.8) is 0 Å². The second-order valence-electron chi connectivity index (χ2n) is 5.06. The number of thiophene rings is 1. The van der Waals surface area contributed by atoms with E-state index in [1.54, 1.807) is 6.33 Å². The van der Waals surface area contributed by atoms with Crippen LogP contribution in [-0.2, 0) is 4.74 Å². The van der Waals surface area contributed by atoms with Crippen molar-refractivity contribution in [2.24, 2.45) is 0 Å². The van der Waals surface area contributed by atoms with Gasteiger partial charge in [-0.2, -0.15) is 4.98 Å². The van der Waals surface area contributed by atoms with E-state index in [0.717, 1.165) is 23.4 Å². The minimum atomic E-state index is 0.244. The van der Waals surface area contributed by atoms with Gasteiger partial charge in [0.25, 0.3) is 0 Å². The summed E-state index contributed by atoms with van der Waals surface area (Å²) in [5.74, 6) is 7.14. The summed E-state index contributed by atoms with van der Waals surface area (Å²) in [5.41, 5.74) is 1.37. The zero-order valence-corrected chi connectivity index (χ0v) is 13.5. The predicted molar refractivity (Wildman–Crippen MR) is 89.8 cm³/mol. The van der Waals surface area contributed by atoms with E-state index in [2.05, 4.69) is 37.1 Å². The summed E-state index contributed by atoms with van der Waals surface area (Å²) in [6.45, 7) is 1.44. The zero-order chi connectivity index (χ0) is 15.6. The fraction of sp³-hybridized carbons (Fsp3) is 0.267. The minimum absolute atomic E-state index is 0.244. The molecule has 0 radical (unpaired) electrons. The lowest BCUT2D eigenvalue weighted by atomic mass is 10.2. The van der Waals surface area contributed by atoms with Gasteiger partial charge < -0.3 is 15.0 Å². The average molecular weight is 346 g/mol. The van der Waals surface area contributed by atoms with Crippen molar-refractivity contribution in [3.05, 3.63) is 33.5 Å². The van der Waals surface area contributed by atoms with E-state index in [4.69, 9.17) is 16.3 Å². The van der Waals surface area contributed by atoms with E-state index in [1.165, 1.54) is 11.3 Å². The maximum Gasteiger partial charge on any atom is 0.209 e. The van der Waals surface area contributed by atoms with Crippen LogP contribution in [0.2, 0.25) is 4.34 Å². The first-order chi connectivity index (χ1) is 11.3. The van der Waals surface area contributed by atoms with E-state index >= 15 is 0 Å². The van der Waals surface area contributed by atoms with Crippen LogP contribution in [0.25, 0.3) is 11.2 Å². The number of fused-ring (bicyclic) bond motifs is 1. The van der Waals surface area contributed by atoms with Crippen LogP contribution in [0, 0.1) is 11.8 Å². The van der Waals surface area contributed by atoms with Crippen LogP contribution in [0.3, 0.4) is 0 Å². The molecule has 0 saturated carbocycles. The van der Waals surface area contributed by atoms with E-state index in [-0.39, 0.29) is 6.04 Å². The predicted octanol–water partition coefficient (Wildman–Crippen LogP) is 2.67. The molecule has 23 heavy (non-hydrogen) atoms. The highest BCUT2D eigenvalue weighted by atomic mass is 35.5. The zero-order valence-electron chi connectivity index (χ0n) is 12.0. The number of anilines is 1. The first kappa shape index (κ1) is 14.5. The molecule has 0 bridgehead atoms. The number of imidazole rings is 1. The number of rotatable bonds is 2. The number of halogens is 1. The Hall–Kier alpha value is -2.14. The monoisotopic (exact) mass is 345 g/mol. The Kier molecular flexibility index (Phi) is 3.87. The Bertz CT molecular complexity index is 903. The fourth-order valence-corrected chi connectivity index (χ4v) is 3.23. The third kappa shape index (κ3) is 3.15. The Labute approximate surface area is 141 Å². The van der Waals surface area contributed by atoms with Crippen molar-refractivity contribution in [1.82, 2.24) is 19.9 Å². The summed E-state index contributed by atoms with van der Waals surface area (Å²) < 4.78 is 6.10. The van der Waals surface area contributed by atoms with Crippen molar-refractivity contribution in [2.75, 3.05) is 18.5 Å². The Morgan fingerprint density at radius 2 is 2.30 bits per heavy atom. The topological polar surface area (TPSA) is 75.7 Å². The second-order valence-corrected chi connectivity index (χ2v) is 6.77. The molecular formula is C15H12ClN5OS. The van der Waals surface area contributed by atoms with Crippen LogP contribution in [0.4, 0.5) is 5.82 Å². The molecule has 2 N–H and O–H groups in total. The fourth-order valence-electron chi connectivity index (χ4n) is 2.33. The molecule has 1 aliphatic heterocycles. The maximum atomic E-state index is 5.91. The van der Waals surface area contributed by atoms with Crippen molar-refractivity contribution in [3.8, 4) is 11.8 Å². The molecule has 4 rings (SSSR count). The smallest absolute Gasteiger partial charge is 0.209 e. The molecule has 116 valence electrons. The lowest BCUT2D eigenvalue weighted by molar-refractivity contribution is 0.195. The molecule has 1 saturated heterocycles. The molecule has 4 heterocycles. The molecule has 6 nitrogen and oxygen atoms in total. The van der Waals surface area contributed by atoms with E-state index < -0.39 is 0 Å². The van der Waals surface area contributed by atoms with Crippen LogP contribution < -0.4 is 5.32 Å². The largest absolute Gasteiger partial charge is 0.379 e. The number of hydrogen-bond acceptors (Lipinski definition) is 6. The summed E-state index contributed by atoms with van der Waals surface area (Å²) in [6.07, 6.45) is 2.56. The van der Waals surface area contributed by atoms with Crippen LogP contribution in [0.5, 0.6) is 0 Å². The molecule has 0 aromatic carbocycles. The summed E-state index contributed by atoms with van der Waals surface area (Å²) in [5, 5.41) is 3.38. The number of aromatic nitrogens is 4. The van der Waals surface area contributed by atoms with Crippen molar-refractivity contribution in [2.45, 2.75) is 12.5 Å². The van der Waals surface area contributed by atoms with Gasteiger partial charge in [-0.1, -0.05) is 11.6 Å². The summed E-state index contributed by atoms with van der Waals surface area (Å²) in [6, 6.07) is 3.94. The molecule has 8 heteroatoms. The van der Waals surface area contributed by atoms with Gasteiger partial charge in [-0.25, -0.2) is 9.97 Å². The molecule has 0 spiro atoms. The van der Waals surface area contributed by atoms with Gasteiger partial charge in [0.05, 0.1) is 28.2 Å². The third-order valence-electron chi connectivity index (χ3n) is 3.43. The number of nitrogens with one attached hydrogen (secondary N) is 2. The number of nitrogens with zero attached hydrogens (tertiary/aromatic N) is 3. The number of H-pyrrole nitrogens is 1. The highest BCUT2D eigenvalue weighted by Crippen LogP contribution is 2.21. The Balaban J connectivity index is 1.68. The van der Waals surface area contributed by atoms with Gasteiger partial charge in [-0.15, -0.1) is 11.3 Å². The average Bonchev–Trinajstić information content (AvgIpc) is 3.26. The van der Waals surface area contributed by atoms with Crippen LogP contribution in [0.15, 0.2) is 18.5 Å². The standard InChI is InChI=1S/C15H12ClN5OS/c16-11-3-1-10(23-11)2-4-12-20-14-13(17-8-18-14)15(21-12)19-9-5-6-22-7-9/h1,3,8-9H,5-7H2,(H2,17,18,19,20,21)/t9-/m1/s1. The second kappa shape index (κ2) is 6.16. The summed E-state index contributed by atoms with van der Waals surface area (Å²) in [7, 11) is 0. The maximum absolute atomic E-state index is 5.91. The lowest BCUT2D eigenvalue weighted by Crippen LogP contribution is -2.20. The first-order valence-electron chi connectivity index (χ1n) is 7.11. The van der Waals surface area contributed by atoms with Gasteiger partial charge in [0.15, 0.2) is 11.5 Å². The van der Waals surface area contributed by atoms with E-state index in [1.807, 2.05) is 12.1 Å². The van der Waals surface area contributed by atoms with Crippen LogP contribution in [0.1, 0.15) is 17.1 Å². The molecule has 0 amide bonds. The Morgan fingerprint density at radius 3 is 3.09 bits per heavy atom. The Morgan fingerprint density at radius 1 is 1.35 bits per heavy atom. The molecular weight excluding hydrogens is 334 g/mol. The van der Waals surface area contributed by atoms with Gasteiger partial charge >= 0.3 is 0 Å². The van der Waals surface area contributed by atoms with Crippen LogP contribution >= 0.6 is 22.9 Å². The summed E-state index contributed by atoms with van der Waals surface area (Å²) >= 11 is 7.33. The van der Waals surface area contributed by atoms with Crippen molar-refractivity contribution >= 4 is 39.9 Å². The number of ether oxygens (including phenoxy) is 1. The van der Waals surface area contributed by atoms with E-state index in [0.29, 0.717) is 28.2 Å². The highest BCUT2D eigenvalue weighted by Gasteiger charge is 2.18. The van der Waals surface area contributed by atoms with Gasteiger partial charge in [-0.3, -0.25) is 0 Å². The molecule has 3 aromatic heterocycles. The number of aromatic amines is 1. The van der Waals surface area contributed by atoms with Gasteiger partial charge in [-0.05, 0) is 30.4 Å². The van der Waals surface area contributed by atoms with Crippen LogP contribution in [-0.4, -0.2) is 39.2 Å². The molecule has 3 aromatic rings. The van der Waals surface area contributed by atoms with Crippen molar-refractivity contribution in [1.29, 1.82) is 0 Å². The number of hydrogen-bond donors (Lipinski definition) is 2. The molecule has 0 aliphatic carbocycles. The minimum Gasteiger partial charge on any atom is -0.379 e.